The van der Waals surface area contributed by atoms with Crippen LogP contribution in [0.3, 0.4) is 0 Å². The molecule has 0 spiro atoms. The van der Waals surface area contributed by atoms with E-state index in [1.807, 2.05) is 0 Å². The van der Waals surface area contributed by atoms with Gasteiger partial charge in [-0.25, -0.2) is 9.37 Å². The minimum atomic E-state index is -0.492. The lowest BCUT2D eigenvalue weighted by Crippen LogP contribution is -2.34. The van der Waals surface area contributed by atoms with Crippen molar-refractivity contribution < 1.29 is 4.39 Å². The number of rotatable bonds is 1. The Labute approximate surface area is 103 Å². The Kier molecular flexibility index (Phi) is 2.83. The van der Waals surface area contributed by atoms with Gasteiger partial charge < -0.3 is 5.32 Å². The Bertz CT molecular complexity index is 632. The maximum atomic E-state index is 13.7. The number of benzene rings is 1. The molecule has 1 fully saturated rings. The van der Waals surface area contributed by atoms with E-state index in [9.17, 15) is 9.18 Å². The second-order valence-corrected chi connectivity index (χ2v) is 4.57. The van der Waals surface area contributed by atoms with Crippen LogP contribution in [-0.4, -0.2) is 22.6 Å². The van der Waals surface area contributed by atoms with Crippen LogP contribution < -0.4 is 10.9 Å². The van der Waals surface area contributed by atoms with E-state index in [4.69, 9.17) is 0 Å². The molecule has 1 aromatic carbocycles. The smallest absolute Gasteiger partial charge is 0.264 e. The number of fused-ring (bicyclic) bond motifs is 1. The quantitative estimate of drug-likeness (QED) is 0.830. The van der Waals surface area contributed by atoms with E-state index in [0.717, 1.165) is 25.9 Å². The van der Waals surface area contributed by atoms with Gasteiger partial charge in [-0.1, -0.05) is 6.07 Å². The van der Waals surface area contributed by atoms with Crippen molar-refractivity contribution in [3.8, 4) is 0 Å². The third-order valence-corrected chi connectivity index (χ3v) is 3.46. The highest BCUT2D eigenvalue weighted by atomic mass is 19.1. The van der Waals surface area contributed by atoms with Gasteiger partial charge in [0.2, 0.25) is 0 Å². The predicted octanol–water partition coefficient (Wildman–Crippen LogP) is 1.46. The van der Waals surface area contributed by atoms with Crippen molar-refractivity contribution in [1.82, 2.24) is 14.9 Å². The van der Waals surface area contributed by atoms with Crippen LogP contribution in [0.15, 0.2) is 29.3 Å². The number of nitrogens with zero attached hydrogens (tertiary/aromatic N) is 2. The molecule has 4 nitrogen and oxygen atoms in total. The predicted molar refractivity (Wildman–Crippen MR) is 67.1 cm³/mol. The Morgan fingerprint density at radius 1 is 1.33 bits per heavy atom. The second-order valence-electron chi connectivity index (χ2n) is 4.57. The molecule has 1 aliphatic rings. The number of halogens is 1. The van der Waals surface area contributed by atoms with Crippen LogP contribution in [0.4, 0.5) is 4.39 Å². The first-order chi connectivity index (χ1) is 8.77. The van der Waals surface area contributed by atoms with Crippen molar-refractivity contribution >= 4 is 10.9 Å². The van der Waals surface area contributed by atoms with E-state index in [2.05, 4.69) is 10.3 Å². The van der Waals surface area contributed by atoms with Gasteiger partial charge in [-0.05, 0) is 38.1 Å². The summed E-state index contributed by atoms with van der Waals surface area (Å²) in [6.07, 6.45) is 3.29. The van der Waals surface area contributed by atoms with Crippen molar-refractivity contribution in [2.24, 2.45) is 0 Å². The normalized spacial score (nSPS) is 17.2. The van der Waals surface area contributed by atoms with Crippen molar-refractivity contribution in [3.05, 3.63) is 40.7 Å². The zero-order chi connectivity index (χ0) is 12.5. The third-order valence-electron chi connectivity index (χ3n) is 3.46. The first-order valence-electron chi connectivity index (χ1n) is 6.13. The van der Waals surface area contributed by atoms with Gasteiger partial charge in [0.1, 0.15) is 11.2 Å². The molecular weight excluding hydrogens is 233 g/mol. The molecule has 0 amide bonds. The summed E-state index contributed by atoms with van der Waals surface area (Å²) in [5, 5.41) is 3.34. The zero-order valence-electron chi connectivity index (χ0n) is 9.90. The summed E-state index contributed by atoms with van der Waals surface area (Å²) < 4.78 is 15.3. The lowest BCUT2D eigenvalue weighted by molar-refractivity contribution is 0.359. The van der Waals surface area contributed by atoms with E-state index < -0.39 is 5.82 Å². The number of hydrogen-bond acceptors (Lipinski definition) is 3. The Balaban J connectivity index is 2.16. The van der Waals surface area contributed by atoms with E-state index in [1.165, 1.54) is 6.07 Å². The molecule has 2 heterocycles. The van der Waals surface area contributed by atoms with Crippen LogP contribution in [0.2, 0.25) is 0 Å². The summed E-state index contributed by atoms with van der Waals surface area (Å²) in [4.78, 5) is 16.5. The first-order valence-corrected chi connectivity index (χ1v) is 6.13. The van der Waals surface area contributed by atoms with E-state index in [0.29, 0.717) is 5.52 Å². The average molecular weight is 247 g/mol. The van der Waals surface area contributed by atoms with Crippen LogP contribution in [0.25, 0.3) is 10.9 Å². The maximum Gasteiger partial charge on any atom is 0.264 e. The number of aromatic nitrogens is 2. The minimum absolute atomic E-state index is 0.0959. The van der Waals surface area contributed by atoms with E-state index >= 15 is 0 Å². The topological polar surface area (TPSA) is 46.9 Å². The van der Waals surface area contributed by atoms with E-state index in [-0.39, 0.29) is 17.0 Å². The second kappa shape index (κ2) is 4.49. The van der Waals surface area contributed by atoms with Gasteiger partial charge in [-0.3, -0.25) is 9.36 Å². The molecule has 1 aliphatic heterocycles. The highest BCUT2D eigenvalue weighted by molar-refractivity contribution is 5.77. The fourth-order valence-electron chi connectivity index (χ4n) is 2.48. The monoisotopic (exact) mass is 247 g/mol. The lowest BCUT2D eigenvalue weighted by atomic mass is 10.1. The number of nitrogens with one attached hydrogen (secondary N) is 1. The van der Waals surface area contributed by atoms with Crippen LogP contribution in [0.5, 0.6) is 0 Å². The summed E-state index contributed by atoms with van der Waals surface area (Å²) in [5.41, 5.74) is 0.148. The molecule has 0 saturated carbocycles. The molecule has 0 atom stereocenters. The molecule has 0 aliphatic carbocycles. The van der Waals surface area contributed by atoms with Crippen molar-refractivity contribution in [2.75, 3.05) is 13.1 Å². The van der Waals surface area contributed by atoms with Crippen LogP contribution in [0.1, 0.15) is 18.9 Å². The standard InChI is InChI=1S/C13H14FN3O/c14-10-2-1-3-11-12(10)13(18)17(8-16-11)9-4-6-15-7-5-9/h1-3,8-9,15H,4-7H2. The molecule has 0 unspecified atom stereocenters. The summed E-state index contributed by atoms with van der Waals surface area (Å²) >= 11 is 0. The van der Waals surface area contributed by atoms with E-state index in [1.54, 1.807) is 23.0 Å². The van der Waals surface area contributed by atoms with Gasteiger partial charge >= 0.3 is 0 Å². The average Bonchev–Trinajstić information content (AvgIpc) is 2.40. The van der Waals surface area contributed by atoms with Crippen LogP contribution >= 0.6 is 0 Å². The summed E-state index contributed by atoms with van der Waals surface area (Å²) in [6, 6.07) is 4.65. The van der Waals surface area contributed by atoms with Gasteiger partial charge in [-0.2, -0.15) is 0 Å². The summed E-state index contributed by atoms with van der Waals surface area (Å²) in [6.45, 7) is 1.76. The molecule has 18 heavy (non-hydrogen) atoms. The fourth-order valence-corrected chi connectivity index (χ4v) is 2.48. The highest BCUT2D eigenvalue weighted by Crippen LogP contribution is 2.18. The van der Waals surface area contributed by atoms with Crippen LogP contribution in [-0.2, 0) is 0 Å². The molecule has 5 heteroatoms. The molecule has 1 saturated heterocycles. The molecular formula is C13H14FN3O. The SMILES string of the molecule is O=c1c2c(F)cccc2ncn1C1CCNCC1. The Morgan fingerprint density at radius 3 is 2.89 bits per heavy atom. The maximum absolute atomic E-state index is 13.7. The number of hydrogen-bond donors (Lipinski definition) is 1. The molecule has 0 bridgehead atoms. The largest absolute Gasteiger partial charge is 0.317 e. The minimum Gasteiger partial charge on any atom is -0.317 e. The Hall–Kier alpha value is -1.75. The van der Waals surface area contributed by atoms with Crippen molar-refractivity contribution in [1.29, 1.82) is 0 Å². The van der Waals surface area contributed by atoms with Crippen LogP contribution in [0, 0.1) is 5.82 Å². The van der Waals surface area contributed by atoms with Crippen molar-refractivity contribution in [2.45, 2.75) is 18.9 Å². The molecule has 2 aromatic rings. The molecule has 1 N–H and O–H groups in total. The van der Waals surface area contributed by atoms with Gasteiger partial charge in [0, 0.05) is 6.04 Å². The number of piperidine rings is 1. The Morgan fingerprint density at radius 2 is 2.11 bits per heavy atom. The fraction of sp³-hybridized carbons (Fsp3) is 0.385. The van der Waals surface area contributed by atoms with Crippen molar-refractivity contribution in [3.63, 3.8) is 0 Å². The summed E-state index contributed by atoms with van der Waals surface area (Å²) in [7, 11) is 0. The molecule has 94 valence electrons. The highest BCUT2D eigenvalue weighted by Gasteiger charge is 2.18. The molecule has 1 aromatic heterocycles. The lowest BCUT2D eigenvalue weighted by Gasteiger charge is -2.24. The van der Waals surface area contributed by atoms with Gasteiger partial charge in [0.15, 0.2) is 0 Å². The van der Waals surface area contributed by atoms with Gasteiger partial charge in [0.25, 0.3) is 5.56 Å². The third kappa shape index (κ3) is 1.80. The zero-order valence-corrected chi connectivity index (χ0v) is 9.90. The molecule has 0 radical (unpaired) electrons. The summed E-state index contributed by atoms with van der Waals surface area (Å²) in [5.74, 6) is -0.492. The van der Waals surface area contributed by atoms with Gasteiger partial charge in [0.05, 0.1) is 11.8 Å². The molecule has 3 rings (SSSR count). The first kappa shape index (κ1) is 11.3. The van der Waals surface area contributed by atoms with Gasteiger partial charge in [-0.15, -0.1) is 0 Å².